The Balaban J connectivity index is 2.05. The van der Waals surface area contributed by atoms with E-state index in [-0.39, 0.29) is 22.5 Å². The fraction of sp³-hybridized carbons (Fsp3) is 0.412. The lowest BCUT2D eigenvalue weighted by atomic mass is 10.0. The highest BCUT2D eigenvalue weighted by Crippen LogP contribution is 2.47. The first-order chi connectivity index (χ1) is 11.0. The normalized spacial score (nSPS) is 19.0. The van der Waals surface area contributed by atoms with Crippen LogP contribution < -0.4 is 10.7 Å². The summed E-state index contributed by atoms with van der Waals surface area (Å²) in [6.07, 6.45) is 5.01. The van der Waals surface area contributed by atoms with Crippen LogP contribution in [0.25, 0.3) is 10.9 Å². The Bertz CT molecular complexity index is 895. The molecule has 2 aliphatic carbocycles. The molecule has 23 heavy (non-hydrogen) atoms. The van der Waals surface area contributed by atoms with Gasteiger partial charge in [-0.05, 0) is 44.9 Å². The van der Waals surface area contributed by atoms with Crippen molar-refractivity contribution in [3.05, 3.63) is 45.5 Å². The standard InChI is InChI=1S/C17H17FN2O3/c1-19-17(4-5-17)12-7-14-10(6-13(12)18)15(21)11(16(22)23)8-20(14)9-2-3-9/h6-9,19H,2-5H2,1H3,(H,22,23). The molecular formula is C17H17FN2O3. The highest BCUT2D eigenvalue weighted by Gasteiger charge is 2.45. The number of aromatic nitrogens is 1. The molecule has 0 aliphatic heterocycles. The molecular weight excluding hydrogens is 299 g/mol. The molecule has 2 N–H and O–H groups in total. The van der Waals surface area contributed by atoms with Gasteiger partial charge in [0.25, 0.3) is 0 Å². The number of hydrogen-bond donors (Lipinski definition) is 2. The second kappa shape index (κ2) is 4.64. The van der Waals surface area contributed by atoms with Crippen LogP contribution in [0.15, 0.2) is 23.1 Å². The van der Waals surface area contributed by atoms with Crippen LogP contribution >= 0.6 is 0 Å². The van der Waals surface area contributed by atoms with Crippen LogP contribution in [-0.2, 0) is 5.54 Å². The van der Waals surface area contributed by atoms with Gasteiger partial charge in [0.15, 0.2) is 0 Å². The van der Waals surface area contributed by atoms with Gasteiger partial charge in [0.2, 0.25) is 5.43 Å². The third-order valence-electron chi connectivity index (χ3n) is 5.04. The number of hydrogen-bond acceptors (Lipinski definition) is 3. The smallest absolute Gasteiger partial charge is 0.341 e. The van der Waals surface area contributed by atoms with Gasteiger partial charge in [-0.15, -0.1) is 0 Å². The van der Waals surface area contributed by atoms with Crippen LogP contribution in [-0.4, -0.2) is 22.7 Å². The van der Waals surface area contributed by atoms with E-state index in [1.807, 2.05) is 4.57 Å². The molecule has 0 bridgehead atoms. The first-order valence-electron chi connectivity index (χ1n) is 7.78. The largest absolute Gasteiger partial charge is 0.477 e. The van der Waals surface area contributed by atoms with Crippen molar-refractivity contribution < 1.29 is 14.3 Å². The van der Waals surface area contributed by atoms with Crippen molar-refractivity contribution in [2.75, 3.05) is 7.05 Å². The minimum absolute atomic E-state index is 0.143. The zero-order valence-electron chi connectivity index (χ0n) is 12.7. The summed E-state index contributed by atoms with van der Waals surface area (Å²) in [6.45, 7) is 0. The molecule has 4 rings (SSSR count). The Labute approximate surface area is 131 Å². The predicted octanol–water partition coefficient (Wildman–Crippen LogP) is 2.38. The molecule has 2 saturated carbocycles. The quantitative estimate of drug-likeness (QED) is 0.908. The van der Waals surface area contributed by atoms with Crippen molar-refractivity contribution in [2.45, 2.75) is 37.3 Å². The highest BCUT2D eigenvalue weighted by molar-refractivity contribution is 5.93. The molecule has 120 valence electrons. The summed E-state index contributed by atoms with van der Waals surface area (Å²) in [5.41, 5.74) is -0.0889. The van der Waals surface area contributed by atoms with E-state index < -0.39 is 17.2 Å². The maximum atomic E-state index is 14.6. The minimum atomic E-state index is -1.27. The number of carboxylic acids is 1. The summed E-state index contributed by atoms with van der Waals surface area (Å²) in [5.74, 6) is -1.73. The second-order valence-corrected chi connectivity index (χ2v) is 6.50. The molecule has 6 heteroatoms. The van der Waals surface area contributed by atoms with Gasteiger partial charge in [-0.25, -0.2) is 9.18 Å². The van der Waals surface area contributed by atoms with Gasteiger partial charge in [-0.3, -0.25) is 4.79 Å². The summed E-state index contributed by atoms with van der Waals surface area (Å²) < 4.78 is 16.4. The van der Waals surface area contributed by atoms with Gasteiger partial charge < -0.3 is 15.0 Å². The van der Waals surface area contributed by atoms with E-state index in [0.29, 0.717) is 11.1 Å². The molecule has 0 saturated heterocycles. The van der Waals surface area contributed by atoms with E-state index in [4.69, 9.17) is 0 Å². The van der Waals surface area contributed by atoms with Crippen LogP contribution in [0.3, 0.4) is 0 Å². The summed E-state index contributed by atoms with van der Waals surface area (Å²) in [5, 5.41) is 12.5. The number of fused-ring (bicyclic) bond motifs is 1. The molecule has 2 fully saturated rings. The Hall–Kier alpha value is -2.21. The van der Waals surface area contributed by atoms with Crippen molar-refractivity contribution in [3.63, 3.8) is 0 Å². The lowest BCUT2D eigenvalue weighted by molar-refractivity contribution is 0.0695. The van der Waals surface area contributed by atoms with Crippen LogP contribution in [0.2, 0.25) is 0 Å². The second-order valence-electron chi connectivity index (χ2n) is 6.50. The number of pyridine rings is 1. The van der Waals surface area contributed by atoms with E-state index in [1.165, 1.54) is 12.3 Å². The van der Waals surface area contributed by atoms with Gasteiger partial charge in [0.05, 0.1) is 5.52 Å². The number of benzene rings is 1. The summed E-state index contributed by atoms with van der Waals surface area (Å²) >= 11 is 0. The van der Waals surface area contributed by atoms with Crippen molar-refractivity contribution in [2.24, 2.45) is 0 Å². The zero-order chi connectivity index (χ0) is 16.4. The molecule has 0 amide bonds. The van der Waals surface area contributed by atoms with E-state index >= 15 is 0 Å². The molecule has 2 aromatic rings. The number of aromatic carboxylic acids is 1. The molecule has 1 heterocycles. The van der Waals surface area contributed by atoms with Crippen molar-refractivity contribution in [3.8, 4) is 0 Å². The number of carboxylic acid groups (broad SMARTS) is 1. The fourth-order valence-electron chi connectivity index (χ4n) is 3.32. The lowest BCUT2D eigenvalue weighted by Crippen LogP contribution is -2.26. The average Bonchev–Trinajstić information content (AvgIpc) is 3.41. The lowest BCUT2D eigenvalue weighted by Gasteiger charge is -2.18. The number of halogens is 1. The third kappa shape index (κ3) is 2.09. The maximum absolute atomic E-state index is 14.6. The van der Waals surface area contributed by atoms with Gasteiger partial charge in [0, 0.05) is 28.7 Å². The zero-order valence-corrected chi connectivity index (χ0v) is 12.7. The number of nitrogens with one attached hydrogen (secondary N) is 1. The monoisotopic (exact) mass is 316 g/mol. The SMILES string of the molecule is CNC1(c2cc3c(cc2F)c(=O)c(C(=O)O)cn3C2CC2)CC1. The Morgan fingerprint density at radius 3 is 2.61 bits per heavy atom. The van der Waals surface area contributed by atoms with E-state index in [1.54, 1.807) is 13.1 Å². The number of nitrogens with zero attached hydrogens (tertiary/aromatic N) is 1. The minimum Gasteiger partial charge on any atom is -0.477 e. The molecule has 1 aromatic carbocycles. The number of carbonyl (C=O) groups is 1. The molecule has 2 aliphatic rings. The van der Waals surface area contributed by atoms with E-state index in [0.717, 1.165) is 25.7 Å². The molecule has 5 nitrogen and oxygen atoms in total. The number of rotatable bonds is 4. The average molecular weight is 316 g/mol. The van der Waals surface area contributed by atoms with Crippen LogP contribution in [0.1, 0.15) is 47.6 Å². The summed E-state index contributed by atoms with van der Waals surface area (Å²) in [6, 6.07) is 3.12. The molecule has 0 atom stereocenters. The van der Waals surface area contributed by atoms with E-state index in [9.17, 15) is 19.1 Å². The van der Waals surface area contributed by atoms with E-state index in [2.05, 4.69) is 5.32 Å². The first-order valence-corrected chi connectivity index (χ1v) is 7.78. The van der Waals surface area contributed by atoms with Crippen LogP contribution in [0, 0.1) is 5.82 Å². The molecule has 0 radical (unpaired) electrons. The predicted molar refractivity (Wildman–Crippen MR) is 83.4 cm³/mol. The van der Waals surface area contributed by atoms with Gasteiger partial charge in [-0.1, -0.05) is 0 Å². The van der Waals surface area contributed by atoms with Crippen molar-refractivity contribution in [1.29, 1.82) is 0 Å². The highest BCUT2D eigenvalue weighted by atomic mass is 19.1. The topological polar surface area (TPSA) is 71.3 Å². The Kier molecular flexibility index (Phi) is 2.90. The van der Waals surface area contributed by atoms with Crippen molar-refractivity contribution >= 4 is 16.9 Å². The Morgan fingerprint density at radius 2 is 2.09 bits per heavy atom. The molecule has 0 unspecified atom stereocenters. The third-order valence-corrected chi connectivity index (χ3v) is 5.04. The molecule has 0 spiro atoms. The van der Waals surface area contributed by atoms with Gasteiger partial charge in [0.1, 0.15) is 11.4 Å². The van der Waals surface area contributed by atoms with Crippen molar-refractivity contribution in [1.82, 2.24) is 9.88 Å². The summed E-state index contributed by atoms with van der Waals surface area (Å²) in [4.78, 5) is 23.7. The first kappa shape index (κ1) is 14.4. The molecule has 1 aromatic heterocycles. The fourth-order valence-corrected chi connectivity index (χ4v) is 3.32. The van der Waals surface area contributed by atoms with Crippen LogP contribution in [0.5, 0.6) is 0 Å². The summed E-state index contributed by atoms with van der Waals surface area (Å²) in [7, 11) is 1.80. The van der Waals surface area contributed by atoms with Gasteiger partial charge in [-0.2, -0.15) is 0 Å². The van der Waals surface area contributed by atoms with Crippen LogP contribution in [0.4, 0.5) is 4.39 Å². The van der Waals surface area contributed by atoms with Gasteiger partial charge >= 0.3 is 5.97 Å². The maximum Gasteiger partial charge on any atom is 0.341 e. The Morgan fingerprint density at radius 1 is 1.39 bits per heavy atom.